The summed E-state index contributed by atoms with van der Waals surface area (Å²) in [6.07, 6.45) is 4.67. The molecule has 2 saturated heterocycles. The second-order valence-corrected chi connectivity index (χ2v) is 9.23. The molecule has 30 heavy (non-hydrogen) atoms. The Balaban J connectivity index is 1.24. The number of rotatable bonds is 6. The molecule has 5 rings (SSSR count). The number of amides is 3. The predicted octanol–water partition coefficient (Wildman–Crippen LogP) is 1.17. The van der Waals surface area contributed by atoms with E-state index in [9.17, 15) is 14.4 Å². The lowest BCUT2D eigenvalue weighted by molar-refractivity contribution is -0.136. The lowest BCUT2D eigenvalue weighted by Crippen LogP contribution is -2.52. The zero-order valence-electron chi connectivity index (χ0n) is 17.3. The van der Waals surface area contributed by atoms with Crippen molar-refractivity contribution in [2.24, 2.45) is 17.8 Å². The van der Waals surface area contributed by atoms with Gasteiger partial charge in [0, 0.05) is 25.1 Å². The highest BCUT2D eigenvalue weighted by Crippen LogP contribution is 2.42. The standard InChI is InChI=1S/C23H30N4O3/c28-21-7-6-20(22(29)26-21)27-13-19-15(2-1-3-17(19)23(27)30)10-25-11-16-8-9-24-12-18(16)14-4-5-14/h1-3,14,16,18,20,24-25H,4-13H2,(H,26,28,29)/t16-,18+,20?/m0/s1. The molecule has 3 fully saturated rings. The number of fused-ring (bicyclic) bond motifs is 1. The molecule has 4 aliphatic rings. The molecule has 7 nitrogen and oxygen atoms in total. The summed E-state index contributed by atoms with van der Waals surface area (Å²) in [6, 6.07) is 5.30. The molecule has 1 aromatic carbocycles. The van der Waals surface area contributed by atoms with Gasteiger partial charge in [-0.1, -0.05) is 12.1 Å². The van der Waals surface area contributed by atoms with Crippen molar-refractivity contribution in [1.29, 1.82) is 0 Å². The number of benzene rings is 1. The Morgan fingerprint density at radius 2 is 1.97 bits per heavy atom. The molecular weight excluding hydrogens is 380 g/mol. The van der Waals surface area contributed by atoms with E-state index in [2.05, 4.69) is 22.0 Å². The van der Waals surface area contributed by atoms with E-state index in [-0.39, 0.29) is 24.1 Å². The first-order valence-corrected chi connectivity index (χ1v) is 11.3. The van der Waals surface area contributed by atoms with E-state index in [0.29, 0.717) is 18.5 Å². The van der Waals surface area contributed by atoms with Gasteiger partial charge in [-0.2, -0.15) is 0 Å². The molecule has 3 amide bonds. The maximum atomic E-state index is 13.0. The van der Waals surface area contributed by atoms with E-state index < -0.39 is 6.04 Å². The highest BCUT2D eigenvalue weighted by Gasteiger charge is 2.40. The molecule has 1 unspecified atom stereocenters. The highest BCUT2D eigenvalue weighted by molar-refractivity contribution is 6.05. The molecule has 160 valence electrons. The van der Waals surface area contributed by atoms with Gasteiger partial charge in [-0.25, -0.2) is 0 Å². The van der Waals surface area contributed by atoms with Gasteiger partial charge < -0.3 is 15.5 Å². The number of hydrogen-bond acceptors (Lipinski definition) is 5. The zero-order valence-corrected chi connectivity index (χ0v) is 17.3. The molecule has 3 N–H and O–H groups in total. The summed E-state index contributed by atoms with van der Waals surface area (Å²) in [5, 5.41) is 9.57. The lowest BCUT2D eigenvalue weighted by atomic mass is 9.83. The Kier molecular flexibility index (Phi) is 5.33. The van der Waals surface area contributed by atoms with Gasteiger partial charge in [-0.3, -0.25) is 19.7 Å². The van der Waals surface area contributed by atoms with E-state index in [1.54, 1.807) is 4.90 Å². The van der Waals surface area contributed by atoms with Crippen LogP contribution in [0.15, 0.2) is 18.2 Å². The molecule has 0 spiro atoms. The Morgan fingerprint density at radius 1 is 1.10 bits per heavy atom. The summed E-state index contributed by atoms with van der Waals surface area (Å²) >= 11 is 0. The van der Waals surface area contributed by atoms with E-state index >= 15 is 0 Å². The van der Waals surface area contributed by atoms with Gasteiger partial charge in [0.25, 0.3) is 5.91 Å². The fraction of sp³-hybridized carbons (Fsp3) is 0.609. The Hall–Kier alpha value is -2.25. The summed E-state index contributed by atoms with van der Waals surface area (Å²) in [7, 11) is 0. The third kappa shape index (κ3) is 3.76. The van der Waals surface area contributed by atoms with Gasteiger partial charge in [0.15, 0.2) is 0 Å². The van der Waals surface area contributed by atoms with Crippen LogP contribution in [0.3, 0.4) is 0 Å². The molecule has 7 heteroatoms. The first-order valence-electron chi connectivity index (χ1n) is 11.3. The summed E-state index contributed by atoms with van der Waals surface area (Å²) in [5.74, 6) is 1.70. The first-order chi connectivity index (χ1) is 14.6. The van der Waals surface area contributed by atoms with Crippen molar-refractivity contribution in [2.75, 3.05) is 19.6 Å². The second-order valence-electron chi connectivity index (χ2n) is 9.23. The summed E-state index contributed by atoms with van der Waals surface area (Å²) in [4.78, 5) is 38.3. The van der Waals surface area contributed by atoms with Crippen LogP contribution in [0.25, 0.3) is 0 Å². The number of nitrogens with one attached hydrogen (secondary N) is 3. The molecule has 3 aliphatic heterocycles. The van der Waals surface area contributed by atoms with Gasteiger partial charge in [-0.15, -0.1) is 0 Å². The quantitative estimate of drug-likeness (QED) is 0.613. The number of hydrogen-bond donors (Lipinski definition) is 3. The van der Waals surface area contributed by atoms with Crippen LogP contribution < -0.4 is 16.0 Å². The van der Waals surface area contributed by atoms with Crippen molar-refractivity contribution in [2.45, 2.75) is 51.2 Å². The maximum Gasteiger partial charge on any atom is 0.255 e. The minimum Gasteiger partial charge on any atom is -0.322 e. The smallest absolute Gasteiger partial charge is 0.255 e. The summed E-state index contributed by atoms with van der Waals surface area (Å²) in [6.45, 7) is 4.44. The van der Waals surface area contributed by atoms with Crippen molar-refractivity contribution in [3.05, 3.63) is 34.9 Å². The van der Waals surface area contributed by atoms with Gasteiger partial charge in [0.1, 0.15) is 6.04 Å². The topological polar surface area (TPSA) is 90.5 Å². The molecular formula is C23H30N4O3. The van der Waals surface area contributed by atoms with Crippen LogP contribution in [0.5, 0.6) is 0 Å². The number of carbonyl (C=O) groups is 3. The second kappa shape index (κ2) is 8.12. The predicted molar refractivity (Wildman–Crippen MR) is 111 cm³/mol. The van der Waals surface area contributed by atoms with Gasteiger partial charge in [0.2, 0.25) is 11.8 Å². The third-order valence-electron chi connectivity index (χ3n) is 7.31. The van der Waals surface area contributed by atoms with E-state index in [1.165, 1.54) is 19.3 Å². The number of piperidine rings is 2. The summed E-state index contributed by atoms with van der Waals surface area (Å²) in [5.41, 5.74) is 2.84. The minimum absolute atomic E-state index is 0.103. The Labute approximate surface area is 177 Å². The Bertz CT molecular complexity index is 866. The zero-order chi connectivity index (χ0) is 20.7. The molecule has 1 aromatic rings. The van der Waals surface area contributed by atoms with Crippen LogP contribution in [0.4, 0.5) is 0 Å². The monoisotopic (exact) mass is 410 g/mol. The average Bonchev–Trinajstić information content (AvgIpc) is 3.53. The number of carbonyl (C=O) groups excluding carboxylic acids is 3. The maximum absolute atomic E-state index is 13.0. The molecule has 0 aromatic heterocycles. The van der Waals surface area contributed by atoms with Gasteiger partial charge in [0.05, 0.1) is 0 Å². The van der Waals surface area contributed by atoms with Crippen molar-refractivity contribution >= 4 is 17.7 Å². The fourth-order valence-corrected chi connectivity index (χ4v) is 5.47. The number of imide groups is 1. The molecule has 1 aliphatic carbocycles. The van der Waals surface area contributed by atoms with Crippen molar-refractivity contribution in [1.82, 2.24) is 20.9 Å². The van der Waals surface area contributed by atoms with Crippen molar-refractivity contribution in [3.63, 3.8) is 0 Å². The van der Waals surface area contributed by atoms with Crippen molar-refractivity contribution < 1.29 is 14.4 Å². The average molecular weight is 411 g/mol. The number of nitrogens with zero attached hydrogens (tertiary/aromatic N) is 1. The van der Waals surface area contributed by atoms with Crippen LogP contribution in [-0.2, 0) is 22.7 Å². The molecule has 1 saturated carbocycles. The molecule has 3 heterocycles. The van der Waals surface area contributed by atoms with Gasteiger partial charge >= 0.3 is 0 Å². The third-order valence-corrected chi connectivity index (χ3v) is 7.31. The largest absolute Gasteiger partial charge is 0.322 e. The molecule has 3 atom stereocenters. The van der Waals surface area contributed by atoms with Crippen LogP contribution >= 0.6 is 0 Å². The normalized spacial score (nSPS) is 29.1. The Morgan fingerprint density at radius 3 is 2.77 bits per heavy atom. The van der Waals surface area contributed by atoms with Crippen LogP contribution in [0.2, 0.25) is 0 Å². The molecule has 0 radical (unpaired) electrons. The van der Waals surface area contributed by atoms with Crippen molar-refractivity contribution in [3.8, 4) is 0 Å². The minimum atomic E-state index is -0.558. The van der Waals surface area contributed by atoms with Crippen LogP contribution in [-0.4, -0.2) is 48.3 Å². The van der Waals surface area contributed by atoms with E-state index in [4.69, 9.17) is 0 Å². The SMILES string of the molecule is O=C1CCC(N2Cc3c(CNC[C@@H]4CCNC[C@@H]4C4CC4)cccc3C2=O)C(=O)N1. The van der Waals surface area contributed by atoms with Crippen LogP contribution in [0.1, 0.15) is 53.6 Å². The van der Waals surface area contributed by atoms with Gasteiger partial charge in [-0.05, 0) is 80.3 Å². The first kappa shape index (κ1) is 19.7. The van der Waals surface area contributed by atoms with Crippen LogP contribution in [0, 0.1) is 17.8 Å². The lowest BCUT2D eigenvalue weighted by Gasteiger charge is -2.32. The van der Waals surface area contributed by atoms with E-state index in [0.717, 1.165) is 55.1 Å². The highest BCUT2D eigenvalue weighted by atomic mass is 16.2. The fourth-order valence-electron chi connectivity index (χ4n) is 5.47. The molecule has 0 bridgehead atoms. The van der Waals surface area contributed by atoms with E-state index in [1.807, 2.05) is 12.1 Å². The summed E-state index contributed by atoms with van der Waals surface area (Å²) < 4.78 is 0.